The molecule has 1 N–H and O–H groups in total. The van der Waals surface area contributed by atoms with Crippen molar-refractivity contribution in [1.29, 1.82) is 0 Å². The van der Waals surface area contributed by atoms with Crippen LogP contribution in [0.1, 0.15) is 42.5 Å². The van der Waals surface area contributed by atoms with Crippen LogP contribution in [0.15, 0.2) is 18.2 Å². The van der Waals surface area contributed by atoms with Gasteiger partial charge in [-0.3, -0.25) is 9.59 Å². The van der Waals surface area contributed by atoms with Crippen LogP contribution >= 0.6 is 0 Å². The molecule has 2 fully saturated rings. The molecule has 3 rings (SSSR count). The molecular formula is C17H20F2N2O2. The maximum atomic E-state index is 13.2. The van der Waals surface area contributed by atoms with Gasteiger partial charge in [-0.15, -0.1) is 0 Å². The first-order chi connectivity index (χ1) is 11.0. The molecule has 0 radical (unpaired) electrons. The molecule has 1 saturated carbocycles. The second-order valence-corrected chi connectivity index (χ2v) is 6.33. The fourth-order valence-electron chi connectivity index (χ4n) is 3.06. The number of rotatable bonds is 3. The van der Waals surface area contributed by atoms with Crippen LogP contribution < -0.4 is 5.32 Å². The van der Waals surface area contributed by atoms with Crippen molar-refractivity contribution >= 4 is 11.8 Å². The summed E-state index contributed by atoms with van der Waals surface area (Å²) in [5.41, 5.74) is 0.108. The zero-order chi connectivity index (χ0) is 16.4. The number of amides is 2. The minimum Gasteiger partial charge on any atom is -0.349 e. The topological polar surface area (TPSA) is 49.4 Å². The lowest BCUT2D eigenvalue weighted by molar-refractivity contribution is -0.139. The molecule has 0 spiro atoms. The number of benzene rings is 1. The van der Waals surface area contributed by atoms with Crippen molar-refractivity contribution in [2.45, 2.75) is 38.1 Å². The van der Waals surface area contributed by atoms with Crippen LogP contribution in [0.3, 0.4) is 0 Å². The third-order valence-corrected chi connectivity index (χ3v) is 4.78. The highest BCUT2D eigenvalue weighted by Gasteiger charge is 2.31. The maximum absolute atomic E-state index is 13.2. The molecule has 1 aliphatic carbocycles. The van der Waals surface area contributed by atoms with Crippen LogP contribution in [0.25, 0.3) is 0 Å². The molecule has 2 amide bonds. The van der Waals surface area contributed by atoms with Crippen molar-refractivity contribution < 1.29 is 18.4 Å². The number of carbonyl (C=O) groups is 2. The van der Waals surface area contributed by atoms with Gasteiger partial charge in [-0.05, 0) is 43.9 Å². The molecule has 6 heteroatoms. The van der Waals surface area contributed by atoms with Gasteiger partial charge in [0.25, 0.3) is 5.91 Å². The molecule has 1 aromatic rings. The van der Waals surface area contributed by atoms with Gasteiger partial charge in [0.2, 0.25) is 5.91 Å². The van der Waals surface area contributed by atoms with Crippen molar-refractivity contribution in [2.75, 3.05) is 13.1 Å². The Hall–Kier alpha value is -1.98. The number of nitrogens with one attached hydrogen (secondary N) is 1. The van der Waals surface area contributed by atoms with Crippen LogP contribution in [-0.2, 0) is 4.79 Å². The summed E-state index contributed by atoms with van der Waals surface area (Å²) in [4.78, 5) is 26.1. The van der Waals surface area contributed by atoms with Crippen molar-refractivity contribution in [2.24, 2.45) is 5.92 Å². The normalized spacial score (nSPS) is 19.3. The number of piperidine rings is 1. The monoisotopic (exact) mass is 322 g/mol. The summed E-state index contributed by atoms with van der Waals surface area (Å²) in [6, 6.07) is 3.08. The van der Waals surface area contributed by atoms with Crippen molar-refractivity contribution in [3.63, 3.8) is 0 Å². The first kappa shape index (κ1) is 15.9. The van der Waals surface area contributed by atoms with Crippen molar-refractivity contribution in [1.82, 2.24) is 10.2 Å². The minimum atomic E-state index is -1.03. The van der Waals surface area contributed by atoms with Gasteiger partial charge in [0, 0.05) is 30.6 Å². The quantitative estimate of drug-likeness (QED) is 0.929. The van der Waals surface area contributed by atoms with Gasteiger partial charge in [-0.2, -0.15) is 0 Å². The summed E-state index contributed by atoms with van der Waals surface area (Å²) in [7, 11) is 0. The number of hydrogen-bond donors (Lipinski definition) is 1. The second-order valence-electron chi connectivity index (χ2n) is 6.33. The molecule has 1 aromatic carbocycles. The molecule has 0 atom stereocenters. The Bertz CT molecular complexity index is 609. The Balaban J connectivity index is 1.50. The predicted molar refractivity (Wildman–Crippen MR) is 80.8 cm³/mol. The van der Waals surface area contributed by atoms with E-state index in [1.54, 1.807) is 0 Å². The lowest BCUT2D eigenvalue weighted by atomic mass is 9.84. The SMILES string of the molecule is O=C(NC1CCN(C(=O)C2CCC2)CC1)c1ccc(F)c(F)c1. The standard InChI is InChI=1S/C17H20F2N2O2/c18-14-5-4-12(10-15(14)19)16(22)20-13-6-8-21(9-7-13)17(23)11-2-1-3-11/h4-5,10-11,13H,1-3,6-9H2,(H,20,22). The molecule has 23 heavy (non-hydrogen) atoms. The average molecular weight is 322 g/mol. The van der Waals surface area contributed by atoms with E-state index in [0.29, 0.717) is 25.9 Å². The fourth-order valence-corrected chi connectivity index (χ4v) is 3.06. The van der Waals surface area contributed by atoms with E-state index in [1.807, 2.05) is 4.90 Å². The Morgan fingerprint density at radius 2 is 1.74 bits per heavy atom. The first-order valence-corrected chi connectivity index (χ1v) is 8.09. The zero-order valence-corrected chi connectivity index (χ0v) is 12.9. The molecule has 0 unspecified atom stereocenters. The Morgan fingerprint density at radius 1 is 1.04 bits per heavy atom. The molecule has 2 aliphatic rings. The molecule has 0 aromatic heterocycles. The van der Waals surface area contributed by atoms with E-state index < -0.39 is 17.5 Å². The van der Waals surface area contributed by atoms with Gasteiger partial charge in [0.1, 0.15) is 0 Å². The number of hydrogen-bond acceptors (Lipinski definition) is 2. The summed E-state index contributed by atoms with van der Waals surface area (Å²) in [6.45, 7) is 1.27. The summed E-state index contributed by atoms with van der Waals surface area (Å²) >= 11 is 0. The van der Waals surface area contributed by atoms with Gasteiger partial charge in [0.15, 0.2) is 11.6 Å². The van der Waals surface area contributed by atoms with E-state index in [1.165, 1.54) is 6.07 Å². The lowest BCUT2D eigenvalue weighted by Gasteiger charge is -2.36. The maximum Gasteiger partial charge on any atom is 0.251 e. The van der Waals surface area contributed by atoms with Gasteiger partial charge < -0.3 is 10.2 Å². The predicted octanol–water partition coefficient (Wildman–Crippen LogP) is 2.49. The van der Waals surface area contributed by atoms with E-state index >= 15 is 0 Å². The van der Waals surface area contributed by atoms with E-state index in [0.717, 1.165) is 31.4 Å². The molecule has 1 saturated heterocycles. The average Bonchev–Trinajstić information content (AvgIpc) is 2.49. The zero-order valence-electron chi connectivity index (χ0n) is 12.9. The number of halogens is 2. The van der Waals surface area contributed by atoms with E-state index in [-0.39, 0.29) is 23.4 Å². The van der Waals surface area contributed by atoms with Crippen LogP contribution in [0, 0.1) is 17.6 Å². The first-order valence-electron chi connectivity index (χ1n) is 8.09. The summed E-state index contributed by atoms with van der Waals surface area (Å²) in [5.74, 6) is -1.97. The highest BCUT2D eigenvalue weighted by atomic mass is 19.2. The highest BCUT2D eigenvalue weighted by molar-refractivity contribution is 5.94. The van der Waals surface area contributed by atoms with Crippen LogP contribution in [-0.4, -0.2) is 35.8 Å². The summed E-state index contributed by atoms with van der Waals surface area (Å²) in [5, 5.41) is 2.83. The molecule has 124 valence electrons. The van der Waals surface area contributed by atoms with E-state index in [2.05, 4.69) is 5.32 Å². The second kappa shape index (κ2) is 6.64. The number of nitrogens with zero attached hydrogens (tertiary/aromatic N) is 1. The Labute approximate surface area is 133 Å². The molecular weight excluding hydrogens is 302 g/mol. The van der Waals surface area contributed by atoms with Crippen molar-refractivity contribution in [3.8, 4) is 0 Å². The lowest BCUT2D eigenvalue weighted by Crippen LogP contribution is -2.48. The fraction of sp³-hybridized carbons (Fsp3) is 0.529. The number of likely N-dealkylation sites (tertiary alicyclic amines) is 1. The smallest absolute Gasteiger partial charge is 0.251 e. The minimum absolute atomic E-state index is 0.0407. The van der Waals surface area contributed by atoms with Crippen LogP contribution in [0.5, 0.6) is 0 Å². The van der Waals surface area contributed by atoms with Gasteiger partial charge in [0.05, 0.1) is 0 Å². The molecule has 4 nitrogen and oxygen atoms in total. The number of carbonyl (C=O) groups excluding carboxylic acids is 2. The summed E-state index contributed by atoms with van der Waals surface area (Å²) < 4.78 is 26.1. The highest BCUT2D eigenvalue weighted by Crippen LogP contribution is 2.29. The van der Waals surface area contributed by atoms with E-state index in [9.17, 15) is 18.4 Å². The van der Waals surface area contributed by atoms with Crippen molar-refractivity contribution in [3.05, 3.63) is 35.4 Å². The van der Waals surface area contributed by atoms with E-state index in [4.69, 9.17) is 0 Å². The Kier molecular flexibility index (Phi) is 4.59. The summed E-state index contributed by atoms with van der Waals surface area (Å²) in [6.07, 6.45) is 4.50. The Morgan fingerprint density at radius 3 is 2.30 bits per heavy atom. The molecule has 1 aliphatic heterocycles. The molecule has 0 bridgehead atoms. The van der Waals surface area contributed by atoms with Gasteiger partial charge in [-0.1, -0.05) is 6.42 Å². The van der Waals surface area contributed by atoms with Crippen LogP contribution in [0.4, 0.5) is 8.78 Å². The van der Waals surface area contributed by atoms with Gasteiger partial charge in [-0.25, -0.2) is 8.78 Å². The van der Waals surface area contributed by atoms with Gasteiger partial charge >= 0.3 is 0 Å². The largest absolute Gasteiger partial charge is 0.349 e. The third kappa shape index (κ3) is 3.51. The third-order valence-electron chi connectivity index (χ3n) is 4.78. The molecule has 1 heterocycles. The van der Waals surface area contributed by atoms with Crippen LogP contribution in [0.2, 0.25) is 0 Å².